The van der Waals surface area contributed by atoms with E-state index in [1.807, 2.05) is 0 Å². The van der Waals surface area contributed by atoms with Gasteiger partial charge in [0.25, 0.3) is 5.09 Å². The van der Waals surface area contributed by atoms with Crippen molar-refractivity contribution in [2.45, 2.75) is 32.0 Å². The van der Waals surface area contributed by atoms with Crippen LogP contribution in [0.25, 0.3) is 6.08 Å². The Morgan fingerprint density at radius 3 is 2.63 bits per heavy atom. The molecule has 0 aromatic heterocycles. The molecule has 0 unspecified atom stereocenters. The highest BCUT2D eigenvalue weighted by Gasteiger charge is 2.49. The van der Waals surface area contributed by atoms with Gasteiger partial charge in [0.1, 0.15) is 5.75 Å². The topological polar surface area (TPSA) is 114 Å². The maximum atomic E-state index is 13.4. The molecule has 0 radical (unpaired) electrons. The van der Waals surface area contributed by atoms with Crippen LogP contribution in [0.15, 0.2) is 22.2 Å². The van der Waals surface area contributed by atoms with E-state index < -0.39 is 41.7 Å². The Morgan fingerprint density at radius 1 is 1.30 bits per heavy atom. The first-order valence-corrected chi connectivity index (χ1v) is 9.13. The first-order chi connectivity index (χ1) is 14.0. The summed E-state index contributed by atoms with van der Waals surface area (Å²) in [5, 5.41) is 8.94. The standard InChI is InChI=1S/C17H15BrF3NO8/c1-9-5-11(18)6-10-7-12(15(17(19,20)21)30-14(9)10)16(24)28-8-27-13(23)3-2-4-29-22(25)26/h5-7,15H,2-4,8H2,1H3/t15-/m0/s1. The third-order valence-electron chi connectivity index (χ3n) is 3.76. The molecular weight excluding hydrogens is 483 g/mol. The van der Waals surface area contributed by atoms with E-state index in [2.05, 4.69) is 30.2 Å². The number of benzene rings is 1. The number of carbonyl (C=O) groups is 2. The lowest BCUT2D eigenvalue weighted by Gasteiger charge is -2.28. The summed E-state index contributed by atoms with van der Waals surface area (Å²) in [7, 11) is 0. The zero-order valence-corrected chi connectivity index (χ0v) is 16.9. The van der Waals surface area contributed by atoms with Crippen LogP contribution < -0.4 is 4.74 Å². The monoisotopic (exact) mass is 497 g/mol. The minimum absolute atomic E-state index is 0.0135. The second-order valence-corrected chi connectivity index (χ2v) is 6.92. The lowest BCUT2D eigenvalue weighted by Crippen LogP contribution is -2.41. The van der Waals surface area contributed by atoms with E-state index in [-0.39, 0.29) is 30.8 Å². The van der Waals surface area contributed by atoms with Crippen molar-refractivity contribution in [3.8, 4) is 5.75 Å². The number of carbonyl (C=O) groups excluding carboxylic acids is 2. The highest BCUT2D eigenvalue weighted by Crippen LogP contribution is 2.40. The van der Waals surface area contributed by atoms with E-state index in [0.717, 1.165) is 6.08 Å². The van der Waals surface area contributed by atoms with Gasteiger partial charge in [0.2, 0.25) is 12.9 Å². The molecule has 13 heteroatoms. The highest BCUT2D eigenvalue weighted by molar-refractivity contribution is 9.10. The molecule has 0 saturated heterocycles. The summed E-state index contributed by atoms with van der Waals surface area (Å²) in [6, 6.07) is 3.05. The van der Waals surface area contributed by atoms with E-state index in [1.54, 1.807) is 13.0 Å². The normalized spacial score (nSPS) is 15.4. The van der Waals surface area contributed by atoms with Crippen molar-refractivity contribution in [2.75, 3.05) is 13.4 Å². The minimum atomic E-state index is -4.89. The van der Waals surface area contributed by atoms with E-state index >= 15 is 0 Å². The summed E-state index contributed by atoms with van der Waals surface area (Å²) < 4.78 is 55.0. The van der Waals surface area contributed by atoms with E-state index in [0.29, 0.717) is 10.0 Å². The van der Waals surface area contributed by atoms with Crippen LogP contribution in [-0.4, -0.2) is 42.7 Å². The molecule has 1 heterocycles. The summed E-state index contributed by atoms with van der Waals surface area (Å²) in [5.41, 5.74) is -0.118. The molecule has 0 fully saturated rings. The Balaban J connectivity index is 2.02. The second-order valence-electron chi connectivity index (χ2n) is 6.01. The van der Waals surface area contributed by atoms with Gasteiger partial charge in [-0.1, -0.05) is 15.9 Å². The number of halogens is 4. The molecule has 2 rings (SSSR count). The lowest BCUT2D eigenvalue weighted by atomic mass is 9.99. The van der Waals surface area contributed by atoms with Crippen LogP contribution in [0, 0.1) is 17.0 Å². The van der Waals surface area contributed by atoms with Gasteiger partial charge in [-0.25, -0.2) is 4.79 Å². The van der Waals surface area contributed by atoms with Crippen molar-refractivity contribution in [3.05, 3.63) is 43.4 Å². The third-order valence-corrected chi connectivity index (χ3v) is 4.22. The van der Waals surface area contributed by atoms with Gasteiger partial charge in [-0.05, 0) is 37.1 Å². The second kappa shape index (κ2) is 9.78. The van der Waals surface area contributed by atoms with Crippen LogP contribution in [0.1, 0.15) is 24.0 Å². The number of hydrogen-bond donors (Lipinski definition) is 0. The molecule has 0 amide bonds. The van der Waals surface area contributed by atoms with Gasteiger partial charge in [-0.3, -0.25) is 4.79 Å². The average Bonchev–Trinajstić information content (AvgIpc) is 2.63. The summed E-state index contributed by atoms with van der Waals surface area (Å²) in [6.45, 7) is 0.290. The fraction of sp³-hybridized carbons (Fsp3) is 0.412. The molecule has 1 aromatic carbocycles. The molecular formula is C17H15BrF3NO8. The maximum Gasteiger partial charge on any atom is 0.430 e. The predicted molar refractivity (Wildman–Crippen MR) is 96.6 cm³/mol. The van der Waals surface area contributed by atoms with Crippen LogP contribution in [0.3, 0.4) is 0 Å². The molecule has 0 spiro atoms. The smallest absolute Gasteiger partial charge is 0.430 e. The zero-order valence-electron chi connectivity index (χ0n) is 15.4. The number of rotatable bonds is 8. The average molecular weight is 498 g/mol. The molecule has 30 heavy (non-hydrogen) atoms. The predicted octanol–water partition coefficient (Wildman–Crippen LogP) is 3.50. The Labute approximate surface area is 175 Å². The number of alkyl halides is 3. The number of fused-ring (bicyclic) bond motifs is 1. The molecule has 9 nitrogen and oxygen atoms in total. The zero-order chi connectivity index (χ0) is 22.5. The number of nitrogens with zero attached hydrogens (tertiary/aromatic N) is 1. The van der Waals surface area contributed by atoms with E-state index in [1.165, 1.54) is 6.07 Å². The van der Waals surface area contributed by atoms with Gasteiger partial charge < -0.3 is 19.0 Å². The molecule has 1 aliphatic rings. The summed E-state index contributed by atoms with van der Waals surface area (Å²) in [5.74, 6) is -2.26. The maximum absolute atomic E-state index is 13.4. The number of aryl methyl sites for hydroxylation is 1. The largest absolute Gasteiger partial charge is 0.475 e. The van der Waals surface area contributed by atoms with Crippen molar-refractivity contribution in [2.24, 2.45) is 0 Å². The van der Waals surface area contributed by atoms with E-state index in [4.69, 9.17) is 4.74 Å². The fourth-order valence-corrected chi connectivity index (χ4v) is 3.11. The van der Waals surface area contributed by atoms with Crippen LogP contribution in [0.2, 0.25) is 0 Å². The first-order valence-electron chi connectivity index (χ1n) is 8.34. The Kier molecular flexibility index (Phi) is 7.65. The van der Waals surface area contributed by atoms with Crippen molar-refractivity contribution in [1.29, 1.82) is 0 Å². The van der Waals surface area contributed by atoms with Crippen molar-refractivity contribution in [1.82, 2.24) is 0 Å². The van der Waals surface area contributed by atoms with Crippen molar-refractivity contribution in [3.63, 3.8) is 0 Å². The summed E-state index contributed by atoms with van der Waals surface area (Å²) >= 11 is 3.22. The Bertz CT molecular complexity index is 871. The quantitative estimate of drug-likeness (QED) is 0.176. The van der Waals surface area contributed by atoms with Gasteiger partial charge in [-0.15, -0.1) is 10.1 Å². The van der Waals surface area contributed by atoms with Gasteiger partial charge >= 0.3 is 18.1 Å². The van der Waals surface area contributed by atoms with Crippen LogP contribution in [-0.2, 0) is 23.9 Å². The molecule has 0 N–H and O–H groups in total. The Hall–Kier alpha value is -2.83. The van der Waals surface area contributed by atoms with Gasteiger partial charge in [-0.2, -0.15) is 13.2 Å². The SMILES string of the molecule is Cc1cc(Br)cc2c1O[C@H](C(F)(F)F)C(C(=O)OCOC(=O)CCCO[N+](=O)[O-])=C2. The number of ether oxygens (including phenoxy) is 3. The molecule has 0 bridgehead atoms. The number of hydrogen-bond acceptors (Lipinski definition) is 8. The molecule has 1 aromatic rings. The third kappa shape index (κ3) is 6.34. The molecule has 1 atom stereocenters. The lowest BCUT2D eigenvalue weighted by molar-refractivity contribution is -0.757. The summed E-state index contributed by atoms with van der Waals surface area (Å²) in [4.78, 5) is 37.6. The first kappa shape index (κ1) is 23.4. The molecule has 0 saturated carbocycles. The minimum Gasteiger partial charge on any atom is -0.475 e. The van der Waals surface area contributed by atoms with Gasteiger partial charge in [0.05, 0.1) is 12.2 Å². The van der Waals surface area contributed by atoms with Crippen LogP contribution in [0.4, 0.5) is 13.2 Å². The number of esters is 2. The van der Waals surface area contributed by atoms with Crippen LogP contribution >= 0.6 is 15.9 Å². The van der Waals surface area contributed by atoms with Crippen LogP contribution in [0.5, 0.6) is 5.75 Å². The van der Waals surface area contributed by atoms with Gasteiger partial charge in [0.15, 0.2) is 0 Å². The van der Waals surface area contributed by atoms with Gasteiger partial charge in [0, 0.05) is 16.5 Å². The highest BCUT2D eigenvalue weighted by atomic mass is 79.9. The molecule has 1 aliphatic heterocycles. The van der Waals surface area contributed by atoms with Crippen molar-refractivity contribution >= 4 is 33.9 Å². The molecule has 0 aliphatic carbocycles. The molecule has 164 valence electrons. The van der Waals surface area contributed by atoms with E-state index in [9.17, 15) is 32.9 Å². The summed E-state index contributed by atoms with van der Waals surface area (Å²) in [6.07, 6.45) is -6.74. The fourth-order valence-electron chi connectivity index (χ4n) is 2.52. The Morgan fingerprint density at radius 2 is 2.00 bits per heavy atom. The van der Waals surface area contributed by atoms with Crippen molar-refractivity contribution < 1.29 is 46.9 Å².